The summed E-state index contributed by atoms with van der Waals surface area (Å²) in [6.07, 6.45) is 6.93. The Morgan fingerprint density at radius 2 is 1.12 bits per heavy atom. The van der Waals surface area contributed by atoms with Gasteiger partial charge in [-0.15, -0.1) is 0 Å². The van der Waals surface area contributed by atoms with Gasteiger partial charge in [0, 0.05) is 49.2 Å². The van der Waals surface area contributed by atoms with Gasteiger partial charge in [0.15, 0.2) is 0 Å². The Hall–Kier alpha value is -6.06. The lowest BCUT2D eigenvalue weighted by Gasteiger charge is -2.35. The normalized spacial score (nSPS) is 14.2. The van der Waals surface area contributed by atoms with Crippen molar-refractivity contribution in [3.63, 3.8) is 0 Å². The summed E-state index contributed by atoms with van der Waals surface area (Å²) in [4.78, 5) is 0. The number of nitrogens with zero attached hydrogens (tertiary/aromatic N) is 2. The van der Waals surface area contributed by atoms with Crippen molar-refractivity contribution in [2.45, 2.75) is 12.8 Å². The highest BCUT2D eigenvalue weighted by Gasteiger charge is 2.42. The number of aryl methyl sites for hydroxylation is 1. The second kappa shape index (κ2) is 8.50. The summed E-state index contributed by atoms with van der Waals surface area (Å²) in [6, 6.07) is 48.5. The minimum Gasteiger partial charge on any atom is -0.310 e. The lowest BCUT2D eigenvalue weighted by atomic mass is 9.33. The van der Waals surface area contributed by atoms with Gasteiger partial charge >= 0.3 is 0 Å². The van der Waals surface area contributed by atoms with Crippen molar-refractivity contribution < 1.29 is 0 Å². The fourth-order valence-electron chi connectivity index (χ4n) is 10.3. The fraction of sp³-hybridized carbons (Fsp3) is 0.0435. The smallest absolute Gasteiger partial charge is 0.253 e. The van der Waals surface area contributed by atoms with Crippen molar-refractivity contribution in [3.05, 3.63) is 145 Å². The molecule has 0 bridgehead atoms. The molecule has 0 saturated heterocycles. The molecule has 0 radical (unpaired) electrons. The summed E-state index contributed by atoms with van der Waals surface area (Å²) in [5.74, 6) is 0. The molecule has 0 unspecified atom stereocenters. The minimum absolute atomic E-state index is 0.106. The van der Waals surface area contributed by atoms with Crippen LogP contribution in [0.15, 0.2) is 133 Å². The molecule has 3 heteroatoms. The molecular formula is C46H27BN2. The monoisotopic (exact) mass is 618 g/mol. The molecule has 49 heavy (non-hydrogen) atoms. The van der Waals surface area contributed by atoms with Gasteiger partial charge in [-0.25, -0.2) is 0 Å². The molecular weight excluding hydrogens is 591 g/mol. The van der Waals surface area contributed by atoms with Gasteiger partial charge in [0.25, 0.3) is 6.71 Å². The van der Waals surface area contributed by atoms with Gasteiger partial charge in [-0.3, -0.25) is 0 Å². The number of hydrogen-bond acceptors (Lipinski definition) is 0. The van der Waals surface area contributed by atoms with Crippen LogP contribution in [0.4, 0.5) is 0 Å². The molecule has 1 aliphatic carbocycles. The Balaban J connectivity index is 1.34. The number of aromatic nitrogens is 2. The first-order valence-corrected chi connectivity index (χ1v) is 17.5. The molecule has 0 fully saturated rings. The van der Waals surface area contributed by atoms with E-state index < -0.39 is 0 Å². The maximum absolute atomic E-state index is 2.66. The van der Waals surface area contributed by atoms with Crippen molar-refractivity contribution >= 4 is 105 Å². The first-order chi connectivity index (χ1) is 24.3. The summed E-state index contributed by atoms with van der Waals surface area (Å²) in [5, 5.41) is 13.3. The Morgan fingerprint density at radius 1 is 0.469 bits per heavy atom. The Bertz CT molecular complexity index is 3230. The van der Waals surface area contributed by atoms with Crippen LogP contribution in [0.1, 0.15) is 17.5 Å². The number of allylic oxidation sites excluding steroid dienone is 1. The molecule has 8 aromatic carbocycles. The van der Waals surface area contributed by atoms with Crippen LogP contribution in [0.5, 0.6) is 0 Å². The van der Waals surface area contributed by atoms with Crippen LogP contribution in [0.3, 0.4) is 0 Å². The summed E-state index contributed by atoms with van der Waals surface area (Å²) < 4.78 is 5.29. The molecule has 3 aliphatic rings. The zero-order chi connectivity index (χ0) is 31.5. The van der Waals surface area contributed by atoms with Crippen molar-refractivity contribution in [2.75, 3.05) is 0 Å². The number of rotatable bonds is 0. The van der Waals surface area contributed by atoms with E-state index in [1.54, 1.807) is 0 Å². The Morgan fingerprint density at radius 3 is 1.90 bits per heavy atom. The van der Waals surface area contributed by atoms with Crippen molar-refractivity contribution in [3.8, 4) is 11.4 Å². The summed E-state index contributed by atoms with van der Waals surface area (Å²) in [6.45, 7) is 0.106. The third kappa shape index (κ3) is 2.82. The molecule has 0 N–H and O–H groups in total. The third-order valence-electron chi connectivity index (χ3n) is 12.1. The summed E-state index contributed by atoms with van der Waals surface area (Å²) in [5.41, 5.74) is 15.2. The second-order valence-corrected chi connectivity index (χ2v) is 14.3. The van der Waals surface area contributed by atoms with Crippen LogP contribution in [-0.2, 0) is 6.42 Å². The SMILES string of the molecule is C1=Cc2cc3c4c(c2CC1)c1ccc2ccccc2c1n4-c1cccc2c1B3c1c3ccccc3cc3c4ccc5ccccc5c4n-2c13. The predicted octanol–water partition coefficient (Wildman–Crippen LogP) is 9.44. The van der Waals surface area contributed by atoms with Gasteiger partial charge in [-0.1, -0.05) is 121 Å². The van der Waals surface area contributed by atoms with Crippen molar-refractivity contribution in [1.29, 1.82) is 0 Å². The van der Waals surface area contributed by atoms with Gasteiger partial charge < -0.3 is 9.13 Å². The summed E-state index contributed by atoms with van der Waals surface area (Å²) >= 11 is 0. The van der Waals surface area contributed by atoms with Crippen LogP contribution in [0.2, 0.25) is 0 Å². The molecule has 224 valence electrons. The number of fused-ring (bicyclic) bond motifs is 18. The van der Waals surface area contributed by atoms with Crippen molar-refractivity contribution in [1.82, 2.24) is 9.13 Å². The number of hydrogen-bond donors (Lipinski definition) is 0. The van der Waals surface area contributed by atoms with E-state index in [0.717, 1.165) is 12.8 Å². The zero-order valence-corrected chi connectivity index (χ0v) is 26.7. The van der Waals surface area contributed by atoms with E-state index in [1.165, 1.54) is 115 Å². The zero-order valence-electron chi connectivity index (χ0n) is 26.7. The van der Waals surface area contributed by atoms with Gasteiger partial charge in [-0.2, -0.15) is 0 Å². The molecule has 0 atom stereocenters. The van der Waals surface area contributed by atoms with E-state index in [1.807, 2.05) is 0 Å². The second-order valence-electron chi connectivity index (χ2n) is 14.3. The minimum atomic E-state index is 0.106. The maximum Gasteiger partial charge on any atom is 0.253 e. The molecule has 2 aliphatic heterocycles. The van der Waals surface area contributed by atoms with Gasteiger partial charge in [-0.05, 0) is 80.1 Å². The molecule has 2 nitrogen and oxygen atoms in total. The average molecular weight is 619 g/mol. The molecule has 0 amide bonds. The number of benzene rings is 8. The van der Waals surface area contributed by atoms with E-state index in [4.69, 9.17) is 0 Å². The van der Waals surface area contributed by atoms with E-state index in [9.17, 15) is 0 Å². The Kier molecular flexibility index (Phi) is 4.34. The quantitative estimate of drug-likeness (QED) is 0.150. The lowest BCUT2D eigenvalue weighted by molar-refractivity contribution is 0.998. The highest BCUT2D eigenvalue weighted by Crippen LogP contribution is 2.45. The molecule has 0 saturated carbocycles. The Labute approximate surface area is 282 Å². The maximum atomic E-state index is 2.66. The predicted molar refractivity (Wildman–Crippen MR) is 210 cm³/mol. The van der Waals surface area contributed by atoms with Crippen molar-refractivity contribution in [2.24, 2.45) is 0 Å². The summed E-state index contributed by atoms with van der Waals surface area (Å²) in [7, 11) is 0. The van der Waals surface area contributed by atoms with E-state index in [-0.39, 0.29) is 6.71 Å². The fourth-order valence-corrected chi connectivity index (χ4v) is 10.3. The van der Waals surface area contributed by atoms with Crippen LogP contribution in [0.25, 0.3) is 93.4 Å². The first kappa shape index (κ1) is 25.0. The average Bonchev–Trinajstić information content (AvgIpc) is 3.69. The van der Waals surface area contributed by atoms with Crippen LogP contribution in [0, 0.1) is 0 Å². The largest absolute Gasteiger partial charge is 0.310 e. The standard InChI is InChI=1S/C46H27BN2/c1-7-16-32-26(10-1)20-22-34-36-24-28-12-4-6-15-31(28)41-45(36)48(43(32)34)38-18-9-19-39-42(38)47(41)37-25-29-13-3-5-14-30(29)40-35-23-21-27-11-2-8-17-33(27)44(35)49(39)46(37)40/h1-4,6-13,15-25H,5,14H2. The topological polar surface area (TPSA) is 9.86 Å². The molecule has 10 aromatic rings. The molecule has 0 spiro atoms. The van der Waals surface area contributed by atoms with Crippen LogP contribution >= 0.6 is 0 Å². The lowest BCUT2D eigenvalue weighted by Crippen LogP contribution is -2.59. The van der Waals surface area contributed by atoms with E-state index in [0.29, 0.717) is 0 Å². The van der Waals surface area contributed by atoms with Gasteiger partial charge in [0.2, 0.25) is 0 Å². The highest BCUT2D eigenvalue weighted by molar-refractivity contribution is 7.01. The van der Waals surface area contributed by atoms with Crippen LogP contribution in [-0.4, -0.2) is 15.8 Å². The van der Waals surface area contributed by atoms with Gasteiger partial charge in [0.05, 0.1) is 16.6 Å². The molecule has 2 aromatic heterocycles. The first-order valence-electron chi connectivity index (χ1n) is 17.5. The highest BCUT2D eigenvalue weighted by atomic mass is 15.0. The third-order valence-corrected chi connectivity index (χ3v) is 12.1. The van der Waals surface area contributed by atoms with E-state index in [2.05, 4.69) is 149 Å². The molecule has 13 rings (SSSR count). The van der Waals surface area contributed by atoms with Crippen LogP contribution < -0.4 is 16.4 Å². The van der Waals surface area contributed by atoms with E-state index >= 15 is 0 Å². The molecule has 4 heterocycles. The van der Waals surface area contributed by atoms with Gasteiger partial charge in [0.1, 0.15) is 0 Å².